The molecule has 0 saturated carbocycles. The van der Waals surface area contributed by atoms with Gasteiger partial charge < -0.3 is 14.9 Å². The van der Waals surface area contributed by atoms with Crippen molar-refractivity contribution in [3.05, 3.63) is 12.3 Å². The van der Waals surface area contributed by atoms with E-state index in [0.29, 0.717) is 5.92 Å². The molecule has 0 aromatic rings. The molecule has 4 nitrogen and oxygen atoms in total. The fourth-order valence-corrected chi connectivity index (χ4v) is 1.38. The van der Waals surface area contributed by atoms with Crippen molar-refractivity contribution in [2.75, 3.05) is 13.2 Å². The van der Waals surface area contributed by atoms with Gasteiger partial charge in [-0.2, -0.15) is 0 Å². The summed E-state index contributed by atoms with van der Waals surface area (Å²) in [6, 6.07) is 0. The molecule has 94 valence electrons. The maximum absolute atomic E-state index is 11.6. The third kappa shape index (κ3) is 5.28. The average molecular weight is 230 g/mol. The van der Waals surface area contributed by atoms with Gasteiger partial charge >= 0.3 is 5.97 Å². The number of hydrogen-bond donors (Lipinski definition) is 2. The Labute approximate surface area is 96.9 Å². The fraction of sp³-hybridized carbons (Fsp3) is 0.750. The van der Waals surface area contributed by atoms with Crippen LogP contribution in [-0.2, 0) is 9.53 Å². The van der Waals surface area contributed by atoms with E-state index in [1.54, 1.807) is 6.92 Å². The number of carbonyl (C=O) groups is 1. The Bertz CT molecular complexity index is 231. The van der Waals surface area contributed by atoms with E-state index >= 15 is 0 Å². The number of aliphatic hydroxyl groups is 2. The molecule has 0 aliphatic carbocycles. The lowest BCUT2D eigenvalue weighted by Gasteiger charge is -2.17. The Morgan fingerprint density at radius 3 is 2.12 bits per heavy atom. The van der Waals surface area contributed by atoms with Crippen molar-refractivity contribution >= 4 is 5.97 Å². The Hall–Kier alpha value is -0.870. The van der Waals surface area contributed by atoms with E-state index in [2.05, 4.69) is 6.58 Å². The van der Waals surface area contributed by atoms with Crippen LogP contribution in [0.1, 0.15) is 27.2 Å². The molecule has 0 amide bonds. The van der Waals surface area contributed by atoms with E-state index in [1.165, 1.54) is 0 Å². The van der Waals surface area contributed by atoms with Crippen LogP contribution >= 0.6 is 0 Å². The molecule has 16 heavy (non-hydrogen) atoms. The predicted octanol–water partition coefficient (Wildman–Crippen LogP) is 1.33. The first-order valence-electron chi connectivity index (χ1n) is 5.54. The lowest BCUT2D eigenvalue weighted by molar-refractivity contribution is -0.145. The summed E-state index contributed by atoms with van der Waals surface area (Å²) in [4.78, 5) is 11.6. The number of esters is 1. The van der Waals surface area contributed by atoms with Gasteiger partial charge in [0, 0.05) is 0 Å². The van der Waals surface area contributed by atoms with Crippen LogP contribution in [0.4, 0.5) is 0 Å². The largest absolute Gasteiger partial charge is 0.431 e. The predicted molar refractivity (Wildman–Crippen MR) is 61.5 cm³/mol. The van der Waals surface area contributed by atoms with Crippen LogP contribution < -0.4 is 0 Å². The van der Waals surface area contributed by atoms with Crippen molar-refractivity contribution in [1.82, 2.24) is 0 Å². The standard InChI is InChI=1S/C12H22O4/c1-8(2)5-9(3)12(15)16-10(4)11(6-13)7-14/h8-9,11,13-14H,4-7H2,1-3H3. The third-order valence-corrected chi connectivity index (χ3v) is 2.36. The number of aliphatic hydroxyl groups excluding tert-OH is 2. The summed E-state index contributed by atoms with van der Waals surface area (Å²) in [5.41, 5.74) is 0. The zero-order chi connectivity index (χ0) is 12.7. The smallest absolute Gasteiger partial charge is 0.313 e. The van der Waals surface area contributed by atoms with Crippen LogP contribution in [0.3, 0.4) is 0 Å². The van der Waals surface area contributed by atoms with E-state index in [-0.39, 0.29) is 30.9 Å². The second-order valence-corrected chi connectivity index (χ2v) is 4.48. The lowest BCUT2D eigenvalue weighted by atomic mass is 9.99. The molecule has 1 unspecified atom stereocenters. The molecule has 0 aliphatic rings. The van der Waals surface area contributed by atoms with E-state index < -0.39 is 5.92 Å². The zero-order valence-electron chi connectivity index (χ0n) is 10.3. The monoisotopic (exact) mass is 230 g/mol. The molecule has 0 aliphatic heterocycles. The lowest BCUT2D eigenvalue weighted by Crippen LogP contribution is -2.22. The summed E-state index contributed by atoms with van der Waals surface area (Å²) in [6.45, 7) is 8.84. The SMILES string of the molecule is C=C(OC(=O)C(C)CC(C)C)C(CO)CO. The molecule has 0 fully saturated rings. The maximum atomic E-state index is 11.6. The second-order valence-electron chi connectivity index (χ2n) is 4.48. The Balaban J connectivity index is 4.17. The third-order valence-electron chi connectivity index (χ3n) is 2.36. The van der Waals surface area contributed by atoms with Crippen LogP contribution in [0, 0.1) is 17.8 Å². The zero-order valence-corrected chi connectivity index (χ0v) is 10.3. The highest BCUT2D eigenvalue weighted by atomic mass is 16.5. The van der Waals surface area contributed by atoms with Gasteiger partial charge in [0.15, 0.2) is 0 Å². The average Bonchev–Trinajstić information content (AvgIpc) is 2.18. The molecule has 0 aromatic carbocycles. The topological polar surface area (TPSA) is 66.8 Å². The van der Waals surface area contributed by atoms with Crippen LogP contribution in [0.15, 0.2) is 12.3 Å². The number of ether oxygens (including phenoxy) is 1. The Morgan fingerprint density at radius 2 is 1.75 bits per heavy atom. The molecular formula is C12H22O4. The Kier molecular flexibility index (Phi) is 7.01. The molecule has 4 heteroatoms. The van der Waals surface area contributed by atoms with Gasteiger partial charge in [-0.3, -0.25) is 4.79 Å². The van der Waals surface area contributed by atoms with Crippen molar-refractivity contribution in [3.63, 3.8) is 0 Å². The highest BCUT2D eigenvalue weighted by molar-refractivity contribution is 5.73. The highest BCUT2D eigenvalue weighted by Gasteiger charge is 2.20. The summed E-state index contributed by atoms with van der Waals surface area (Å²) >= 11 is 0. The van der Waals surface area contributed by atoms with Gasteiger partial charge in [-0.25, -0.2) is 0 Å². The quantitative estimate of drug-likeness (QED) is 0.511. The normalized spacial score (nSPS) is 12.9. The van der Waals surface area contributed by atoms with E-state index in [0.717, 1.165) is 6.42 Å². The first-order valence-corrected chi connectivity index (χ1v) is 5.54. The molecule has 0 radical (unpaired) electrons. The van der Waals surface area contributed by atoms with Crippen LogP contribution in [0.2, 0.25) is 0 Å². The van der Waals surface area contributed by atoms with E-state index in [9.17, 15) is 4.79 Å². The van der Waals surface area contributed by atoms with Crippen molar-refractivity contribution in [2.45, 2.75) is 27.2 Å². The molecule has 0 spiro atoms. The molecule has 0 bridgehead atoms. The van der Waals surface area contributed by atoms with Gasteiger partial charge in [-0.1, -0.05) is 27.4 Å². The molecule has 0 rings (SSSR count). The summed E-state index contributed by atoms with van der Waals surface area (Å²) in [5, 5.41) is 17.8. The van der Waals surface area contributed by atoms with Gasteiger partial charge in [-0.15, -0.1) is 0 Å². The minimum Gasteiger partial charge on any atom is -0.431 e. The summed E-state index contributed by atoms with van der Waals surface area (Å²) < 4.78 is 5.00. The van der Waals surface area contributed by atoms with Gasteiger partial charge in [0.05, 0.1) is 25.0 Å². The van der Waals surface area contributed by atoms with Crippen molar-refractivity contribution in [2.24, 2.45) is 17.8 Å². The first kappa shape index (κ1) is 15.1. The first-order chi connectivity index (χ1) is 7.42. The Morgan fingerprint density at radius 1 is 1.25 bits per heavy atom. The molecular weight excluding hydrogens is 208 g/mol. The van der Waals surface area contributed by atoms with Gasteiger partial charge in [0.25, 0.3) is 0 Å². The summed E-state index contributed by atoms with van der Waals surface area (Å²) in [5.74, 6) is -0.594. The van der Waals surface area contributed by atoms with Gasteiger partial charge in [0.2, 0.25) is 0 Å². The molecule has 1 atom stereocenters. The highest BCUT2D eigenvalue weighted by Crippen LogP contribution is 2.16. The summed E-state index contributed by atoms with van der Waals surface area (Å²) in [7, 11) is 0. The number of carbonyl (C=O) groups excluding carboxylic acids is 1. The summed E-state index contributed by atoms with van der Waals surface area (Å²) in [6.07, 6.45) is 0.745. The molecule has 0 aromatic heterocycles. The van der Waals surface area contributed by atoms with Gasteiger partial charge in [0.1, 0.15) is 5.76 Å². The van der Waals surface area contributed by atoms with Crippen molar-refractivity contribution in [3.8, 4) is 0 Å². The fourth-order valence-electron chi connectivity index (χ4n) is 1.38. The number of hydrogen-bond acceptors (Lipinski definition) is 4. The molecule has 0 saturated heterocycles. The van der Waals surface area contributed by atoms with Crippen molar-refractivity contribution < 1.29 is 19.7 Å². The maximum Gasteiger partial charge on any atom is 0.313 e. The minimum atomic E-state index is -0.588. The van der Waals surface area contributed by atoms with Crippen LogP contribution in [0.5, 0.6) is 0 Å². The van der Waals surface area contributed by atoms with Crippen LogP contribution in [-0.4, -0.2) is 29.4 Å². The van der Waals surface area contributed by atoms with E-state index in [1.807, 2.05) is 13.8 Å². The molecule has 2 N–H and O–H groups in total. The van der Waals surface area contributed by atoms with Crippen molar-refractivity contribution in [1.29, 1.82) is 0 Å². The molecule has 0 heterocycles. The van der Waals surface area contributed by atoms with Gasteiger partial charge in [-0.05, 0) is 12.3 Å². The number of rotatable bonds is 7. The second kappa shape index (κ2) is 7.41. The van der Waals surface area contributed by atoms with Crippen LogP contribution in [0.25, 0.3) is 0 Å². The van der Waals surface area contributed by atoms with E-state index in [4.69, 9.17) is 14.9 Å². The minimum absolute atomic E-state index is 0.130.